The van der Waals surface area contributed by atoms with Gasteiger partial charge in [-0.1, -0.05) is 11.2 Å². The standard InChI is InChI=1S/C10H12FN3O4/c11-7-3-1-4-8(14(16)17)10(7)18-6-2-5-9(12)13-15/h1,3-4,15H,2,5-6H2,(H2,12,13). The predicted octanol–water partition coefficient (Wildman–Crippen LogP) is 1.64. The average molecular weight is 257 g/mol. The first-order valence-corrected chi connectivity index (χ1v) is 5.08. The fourth-order valence-electron chi connectivity index (χ4n) is 1.26. The number of halogens is 1. The quantitative estimate of drug-likeness (QED) is 0.201. The summed E-state index contributed by atoms with van der Waals surface area (Å²) in [7, 11) is 0. The van der Waals surface area contributed by atoms with E-state index in [1.807, 2.05) is 0 Å². The number of benzene rings is 1. The van der Waals surface area contributed by atoms with E-state index in [0.29, 0.717) is 6.42 Å². The van der Waals surface area contributed by atoms with E-state index in [1.165, 1.54) is 6.07 Å². The zero-order valence-electron chi connectivity index (χ0n) is 9.38. The summed E-state index contributed by atoms with van der Waals surface area (Å²) >= 11 is 0. The van der Waals surface area contributed by atoms with E-state index in [0.717, 1.165) is 12.1 Å². The molecule has 0 unspecified atom stereocenters. The van der Waals surface area contributed by atoms with Gasteiger partial charge in [-0.05, 0) is 12.5 Å². The van der Waals surface area contributed by atoms with E-state index in [1.54, 1.807) is 0 Å². The lowest BCUT2D eigenvalue weighted by atomic mass is 10.2. The third-order valence-electron chi connectivity index (χ3n) is 2.09. The van der Waals surface area contributed by atoms with Crippen LogP contribution in [0.15, 0.2) is 23.4 Å². The molecule has 0 spiro atoms. The summed E-state index contributed by atoms with van der Waals surface area (Å²) < 4.78 is 18.4. The van der Waals surface area contributed by atoms with Gasteiger partial charge in [-0.2, -0.15) is 0 Å². The predicted molar refractivity (Wildman–Crippen MR) is 61.2 cm³/mol. The maximum Gasteiger partial charge on any atom is 0.314 e. The molecule has 3 N–H and O–H groups in total. The molecular formula is C10H12FN3O4. The van der Waals surface area contributed by atoms with Gasteiger partial charge in [0, 0.05) is 12.5 Å². The lowest BCUT2D eigenvalue weighted by Gasteiger charge is -2.07. The number of nitrogens with zero attached hydrogens (tertiary/aromatic N) is 2. The van der Waals surface area contributed by atoms with Crippen molar-refractivity contribution in [3.8, 4) is 5.75 Å². The first-order valence-electron chi connectivity index (χ1n) is 5.08. The molecule has 0 fully saturated rings. The van der Waals surface area contributed by atoms with Gasteiger partial charge in [-0.3, -0.25) is 10.1 Å². The molecule has 0 aliphatic carbocycles. The van der Waals surface area contributed by atoms with Crippen LogP contribution in [-0.4, -0.2) is 22.6 Å². The Bertz CT molecular complexity index is 464. The van der Waals surface area contributed by atoms with Crippen molar-refractivity contribution in [1.82, 2.24) is 0 Å². The molecule has 0 radical (unpaired) electrons. The summed E-state index contributed by atoms with van der Waals surface area (Å²) in [6, 6.07) is 3.46. The molecule has 0 saturated heterocycles. The number of nitrogens with two attached hydrogens (primary N) is 1. The van der Waals surface area contributed by atoms with Gasteiger partial charge in [-0.25, -0.2) is 4.39 Å². The highest BCUT2D eigenvalue weighted by Crippen LogP contribution is 2.29. The van der Waals surface area contributed by atoms with Gasteiger partial charge >= 0.3 is 5.69 Å². The molecule has 0 saturated carbocycles. The minimum Gasteiger partial charge on any atom is -0.485 e. The molecular weight excluding hydrogens is 245 g/mol. The number of amidine groups is 1. The Morgan fingerprint density at radius 3 is 2.94 bits per heavy atom. The van der Waals surface area contributed by atoms with Crippen molar-refractivity contribution in [3.05, 3.63) is 34.1 Å². The molecule has 0 bridgehead atoms. The normalized spacial score (nSPS) is 11.3. The molecule has 0 amide bonds. The monoisotopic (exact) mass is 257 g/mol. The van der Waals surface area contributed by atoms with Crippen molar-refractivity contribution in [3.63, 3.8) is 0 Å². The minimum absolute atomic E-state index is 0.0154. The molecule has 7 nitrogen and oxygen atoms in total. The molecule has 18 heavy (non-hydrogen) atoms. The Balaban J connectivity index is 2.64. The van der Waals surface area contributed by atoms with Gasteiger partial charge < -0.3 is 15.7 Å². The van der Waals surface area contributed by atoms with Crippen LogP contribution < -0.4 is 10.5 Å². The van der Waals surface area contributed by atoms with Crippen LogP contribution in [-0.2, 0) is 0 Å². The van der Waals surface area contributed by atoms with Gasteiger partial charge in [0.2, 0.25) is 5.75 Å². The number of oxime groups is 1. The molecule has 0 aromatic heterocycles. The van der Waals surface area contributed by atoms with Crippen molar-refractivity contribution in [2.75, 3.05) is 6.61 Å². The highest BCUT2D eigenvalue weighted by Gasteiger charge is 2.19. The Morgan fingerprint density at radius 1 is 1.61 bits per heavy atom. The zero-order valence-corrected chi connectivity index (χ0v) is 9.38. The van der Waals surface area contributed by atoms with Crippen molar-refractivity contribution >= 4 is 11.5 Å². The van der Waals surface area contributed by atoms with Gasteiger partial charge in [0.05, 0.1) is 11.5 Å². The smallest absolute Gasteiger partial charge is 0.314 e. The number of para-hydroxylation sites is 1. The van der Waals surface area contributed by atoms with Gasteiger partial charge in [0.15, 0.2) is 5.82 Å². The Hall–Kier alpha value is -2.38. The van der Waals surface area contributed by atoms with Crippen LogP contribution in [0.25, 0.3) is 0 Å². The van der Waals surface area contributed by atoms with Crippen molar-refractivity contribution < 1.29 is 19.3 Å². The SMILES string of the molecule is N/C(CCCOc1c(F)cccc1[N+](=O)[O-])=N/O. The minimum atomic E-state index is -0.798. The number of nitro groups is 1. The summed E-state index contributed by atoms with van der Waals surface area (Å²) in [5, 5.41) is 21.7. The summed E-state index contributed by atoms with van der Waals surface area (Å²) in [5.41, 5.74) is 4.79. The summed E-state index contributed by atoms with van der Waals surface area (Å²) in [6.45, 7) is 0.0258. The third kappa shape index (κ3) is 3.58. The number of hydrogen-bond acceptors (Lipinski definition) is 5. The molecule has 0 heterocycles. The maximum absolute atomic E-state index is 13.3. The van der Waals surface area contributed by atoms with E-state index < -0.39 is 22.2 Å². The zero-order chi connectivity index (χ0) is 13.5. The number of nitro benzene ring substituents is 1. The van der Waals surface area contributed by atoms with Crippen LogP contribution >= 0.6 is 0 Å². The lowest BCUT2D eigenvalue weighted by molar-refractivity contribution is -0.386. The van der Waals surface area contributed by atoms with Crippen LogP contribution in [0.3, 0.4) is 0 Å². The van der Waals surface area contributed by atoms with Crippen LogP contribution in [0.5, 0.6) is 5.75 Å². The van der Waals surface area contributed by atoms with Gasteiger partial charge in [0.1, 0.15) is 5.84 Å². The highest BCUT2D eigenvalue weighted by atomic mass is 19.1. The average Bonchev–Trinajstić information content (AvgIpc) is 2.35. The van der Waals surface area contributed by atoms with Crippen LogP contribution in [0.4, 0.5) is 10.1 Å². The molecule has 0 atom stereocenters. The van der Waals surface area contributed by atoms with E-state index in [-0.39, 0.29) is 18.9 Å². The fourth-order valence-corrected chi connectivity index (χ4v) is 1.26. The van der Waals surface area contributed by atoms with Crippen LogP contribution in [0, 0.1) is 15.9 Å². The van der Waals surface area contributed by atoms with Crippen LogP contribution in [0.1, 0.15) is 12.8 Å². The Labute approximate surface area is 102 Å². The Morgan fingerprint density at radius 2 is 2.33 bits per heavy atom. The summed E-state index contributed by atoms with van der Waals surface area (Å²) in [6.07, 6.45) is 0.597. The number of rotatable bonds is 6. The second-order valence-electron chi connectivity index (χ2n) is 3.39. The lowest BCUT2D eigenvalue weighted by Crippen LogP contribution is -2.13. The molecule has 1 aromatic carbocycles. The van der Waals surface area contributed by atoms with Crippen molar-refractivity contribution in [2.45, 2.75) is 12.8 Å². The first-order chi connectivity index (χ1) is 8.56. The third-order valence-corrected chi connectivity index (χ3v) is 2.09. The first kappa shape index (κ1) is 13.7. The molecule has 8 heteroatoms. The Kier molecular flexibility index (Phi) is 4.85. The summed E-state index contributed by atoms with van der Waals surface area (Å²) in [5.74, 6) is -1.18. The molecule has 1 rings (SSSR count). The molecule has 0 aliphatic rings. The highest BCUT2D eigenvalue weighted by molar-refractivity contribution is 5.79. The van der Waals surface area contributed by atoms with E-state index in [2.05, 4.69) is 5.16 Å². The molecule has 1 aromatic rings. The van der Waals surface area contributed by atoms with Gasteiger partial charge in [0.25, 0.3) is 0 Å². The largest absolute Gasteiger partial charge is 0.485 e. The van der Waals surface area contributed by atoms with E-state index in [4.69, 9.17) is 15.7 Å². The number of ether oxygens (including phenoxy) is 1. The number of hydrogen-bond donors (Lipinski definition) is 2. The second kappa shape index (κ2) is 6.38. The topological polar surface area (TPSA) is 111 Å². The molecule has 0 aliphatic heterocycles. The summed E-state index contributed by atoms with van der Waals surface area (Å²) in [4.78, 5) is 9.93. The van der Waals surface area contributed by atoms with Crippen LogP contribution in [0.2, 0.25) is 0 Å². The molecule has 98 valence electrons. The van der Waals surface area contributed by atoms with Gasteiger partial charge in [-0.15, -0.1) is 0 Å². The van der Waals surface area contributed by atoms with E-state index in [9.17, 15) is 14.5 Å². The van der Waals surface area contributed by atoms with Crippen molar-refractivity contribution in [2.24, 2.45) is 10.9 Å². The van der Waals surface area contributed by atoms with E-state index >= 15 is 0 Å². The maximum atomic E-state index is 13.3. The fraction of sp³-hybridized carbons (Fsp3) is 0.300. The van der Waals surface area contributed by atoms with Crippen molar-refractivity contribution in [1.29, 1.82) is 0 Å². The second-order valence-corrected chi connectivity index (χ2v) is 3.39.